The molecule has 0 unspecified atom stereocenters. The van der Waals surface area contributed by atoms with E-state index in [-0.39, 0.29) is 24.8 Å². The van der Waals surface area contributed by atoms with Gasteiger partial charge in [-0.1, -0.05) is 24.3 Å². The summed E-state index contributed by atoms with van der Waals surface area (Å²) in [5, 5.41) is 1.76. The second-order valence-corrected chi connectivity index (χ2v) is 7.94. The molecule has 2 atom stereocenters. The van der Waals surface area contributed by atoms with Crippen LogP contribution in [-0.4, -0.2) is 45.2 Å². The molecule has 0 spiro atoms. The molecule has 1 N–H and O–H groups in total. The molecule has 0 aliphatic carbocycles. The molecular formula is C22H19N3O3S. The van der Waals surface area contributed by atoms with Gasteiger partial charge in [0.25, 0.3) is 5.91 Å². The number of nitrogens with one attached hydrogen (secondary N) is 1. The van der Waals surface area contributed by atoms with Gasteiger partial charge in [0.05, 0.1) is 6.04 Å². The number of benzene rings is 2. The lowest BCUT2D eigenvalue weighted by Crippen LogP contribution is -2.44. The molecule has 3 aliphatic rings. The van der Waals surface area contributed by atoms with Gasteiger partial charge < -0.3 is 19.4 Å². The first-order valence-corrected chi connectivity index (χ1v) is 10.2. The highest BCUT2D eigenvalue weighted by Crippen LogP contribution is 2.46. The summed E-state index contributed by atoms with van der Waals surface area (Å²) in [7, 11) is 0. The SMILES string of the molecule is CCN1C(=O)[C@@H]2Cc3c([nH]c4ccccc34)[C@@H](c3ccc4c(c3)OCO4)N2C1=S. The Labute approximate surface area is 173 Å². The molecule has 1 fully saturated rings. The van der Waals surface area contributed by atoms with E-state index >= 15 is 0 Å². The van der Waals surface area contributed by atoms with Crippen molar-refractivity contribution in [2.24, 2.45) is 0 Å². The van der Waals surface area contributed by atoms with E-state index in [4.69, 9.17) is 21.7 Å². The number of amides is 1. The quantitative estimate of drug-likeness (QED) is 0.663. The Morgan fingerprint density at radius 3 is 2.86 bits per heavy atom. The number of nitrogens with zero attached hydrogens (tertiary/aromatic N) is 2. The summed E-state index contributed by atoms with van der Waals surface area (Å²) in [5.74, 6) is 1.55. The van der Waals surface area contributed by atoms with Gasteiger partial charge in [-0.3, -0.25) is 9.69 Å². The lowest BCUT2D eigenvalue weighted by Gasteiger charge is -2.37. The van der Waals surface area contributed by atoms with E-state index < -0.39 is 0 Å². The Hall–Kier alpha value is -3.06. The number of hydrogen-bond acceptors (Lipinski definition) is 4. The summed E-state index contributed by atoms with van der Waals surface area (Å²) < 4.78 is 11.1. The summed E-state index contributed by atoms with van der Waals surface area (Å²) in [6, 6.07) is 13.8. The first kappa shape index (κ1) is 16.9. The second-order valence-electron chi connectivity index (χ2n) is 7.57. The fourth-order valence-electron chi connectivity index (χ4n) is 4.85. The minimum absolute atomic E-state index is 0.0826. The predicted octanol–water partition coefficient (Wildman–Crippen LogP) is 3.36. The van der Waals surface area contributed by atoms with Crippen molar-refractivity contribution >= 4 is 34.1 Å². The first-order valence-electron chi connectivity index (χ1n) is 9.80. The molecule has 1 saturated heterocycles. The highest BCUT2D eigenvalue weighted by molar-refractivity contribution is 7.80. The van der Waals surface area contributed by atoms with Crippen molar-refractivity contribution in [1.82, 2.24) is 14.8 Å². The number of carbonyl (C=O) groups excluding carboxylic acids is 1. The van der Waals surface area contributed by atoms with Crippen LogP contribution in [0.4, 0.5) is 0 Å². The molecule has 29 heavy (non-hydrogen) atoms. The first-order chi connectivity index (χ1) is 14.2. The van der Waals surface area contributed by atoms with Crippen molar-refractivity contribution in [2.75, 3.05) is 13.3 Å². The van der Waals surface area contributed by atoms with Crippen molar-refractivity contribution in [2.45, 2.75) is 25.4 Å². The second kappa shape index (κ2) is 5.97. The number of ether oxygens (including phenoxy) is 2. The van der Waals surface area contributed by atoms with Gasteiger partial charge >= 0.3 is 0 Å². The molecule has 0 bridgehead atoms. The van der Waals surface area contributed by atoms with E-state index in [0.717, 1.165) is 28.3 Å². The smallest absolute Gasteiger partial charge is 0.251 e. The molecule has 6 rings (SSSR count). The molecule has 6 nitrogen and oxygen atoms in total. The highest BCUT2D eigenvalue weighted by Gasteiger charge is 2.50. The maximum absolute atomic E-state index is 13.2. The molecule has 3 aromatic rings. The van der Waals surface area contributed by atoms with Crippen LogP contribution in [0.5, 0.6) is 11.5 Å². The molecule has 0 saturated carbocycles. The molecule has 3 aliphatic heterocycles. The molecule has 4 heterocycles. The number of aromatic nitrogens is 1. The number of likely N-dealkylation sites (N-methyl/N-ethyl adjacent to an activating group) is 1. The van der Waals surface area contributed by atoms with Crippen LogP contribution in [0.15, 0.2) is 42.5 Å². The van der Waals surface area contributed by atoms with Gasteiger partial charge in [0.2, 0.25) is 6.79 Å². The standard InChI is InChI=1S/C22H19N3O3S/c1-2-24-21(26)16-10-14-13-5-3-4-6-15(13)23-19(14)20(25(16)22(24)29)12-7-8-17-18(9-12)28-11-27-17/h3-9,16,20,23H,2,10-11H2,1H3/t16-,20+/m0/s1. The van der Waals surface area contributed by atoms with Crippen LogP contribution in [0.25, 0.3) is 10.9 Å². The summed E-state index contributed by atoms with van der Waals surface area (Å²) >= 11 is 5.76. The Bertz CT molecular complexity index is 1190. The molecule has 146 valence electrons. The fourth-order valence-corrected chi connectivity index (χ4v) is 5.30. The van der Waals surface area contributed by atoms with E-state index in [0.29, 0.717) is 18.1 Å². The minimum Gasteiger partial charge on any atom is -0.454 e. The third-order valence-electron chi connectivity index (χ3n) is 6.16. The zero-order valence-electron chi connectivity index (χ0n) is 15.8. The van der Waals surface area contributed by atoms with Gasteiger partial charge in [0.1, 0.15) is 6.04 Å². The van der Waals surface area contributed by atoms with Gasteiger partial charge in [0.15, 0.2) is 16.6 Å². The zero-order chi connectivity index (χ0) is 19.7. The molecule has 2 aromatic carbocycles. The van der Waals surface area contributed by atoms with Crippen molar-refractivity contribution in [3.8, 4) is 11.5 Å². The highest BCUT2D eigenvalue weighted by atomic mass is 32.1. The molecule has 1 aromatic heterocycles. The lowest BCUT2D eigenvalue weighted by molar-refractivity contribution is -0.128. The van der Waals surface area contributed by atoms with Crippen LogP contribution < -0.4 is 9.47 Å². The van der Waals surface area contributed by atoms with Crippen LogP contribution in [0.1, 0.15) is 29.8 Å². The third-order valence-corrected chi connectivity index (χ3v) is 6.59. The van der Waals surface area contributed by atoms with E-state index in [9.17, 15) is 4.79 Å². The minimum atomic E-state index is -0.287. The number of rotatable bonds is 2. The average Bonchev–Trinajstić information content (AvgIpc) is 3.41. The number of carbonyl (C=O) groups is 1. The Kier molecular flexibility index (Phi) is 3.47. The van der Waals surface area contributed by atoms with Crippen LogP contribution >= 0.6 is 12.2 Å². The van der Waals surface area contributed by atoms with E-state index in [2.05, 4.69) is 22.0 Å². The van der Waals surface area contributed by atoms with Gasteiger partial charge in [-0.25, -0.2) is 0 Å². The van der Waals surface area contributed by atoms with Gasteiger partial charge in [0, 0.05) is 29.6 Å². The van der Waals surface area contributed by atoms with Crippen molar-refractivity contribution in [3.63, 3.8) is 0 Å². The van der Waals surface area contributed by atoms with E-state index in [1.54, 1.807) is 4.90 Å². The van der Waals surface area contributed by atoms with Crippen LogP contribution in [-0.2, 0) is 11.2 Å². The topological polar surface area (TPSA) is 57.8 Å². The number of hydrogen-bond donors (Lipinski definition) is 1. The summed E-state index contributed by atoms with van der Waals surface area (Å²) in [6.07, 6.45) is 0.649. The number of thiocarbonyl (C=S) groups is 1. The number of para-hydroxylation sites is 1. The number of H-pyrrole nitrogens is 1. The van der Waals surface area contributed by atoms with Crippen molar-refractivity contribution in [3.05, 3.63) is 59.3 Å². The Balaban J connectivity index is 1.59. The number of aromatic amines is 1. The maximum Gasteiger partial charge on any atom is 0.251 e. The summed E-state index contributed by atoms with van der Waals surface area (Å²) in [4.78, 5) is 20.6. The summed E-state index contributed by atoms with van der Waals surface area (Å²) in [5.41, 5.74) is 4.39. The van der Waals surface area contributed by atoms with Crippen molar-refractivity contribution in [1.29, 1.82) is 0 Å². The van der Waals surface area contributed by atoms with Crippen LogP contribution in [0, 0.1) is 0 Å². The van der Waals surface area contributed by atoms with Crippen molar-refractivity contribution < 1.29 is 14.3 Å². The van der Waals surface area contributed by atoms with E-state index in [1.165, 1.54) is 10.9 Å². The van der Waals surface area contributed by atoms with Gasteiger partial charge in [-0.05, 0) is 48.5 Å². The van der Waals surface area contributed by atoms with Gasteiger partial charge in [-0.15, -0.1) is 0 Å². The van der Waals surface area contributed by atoms with Gasteiger partial charge in [-0.2, -0.15) is 0 Å². The molecule has 1 amide bonds. The normalized spacial score (nSPS) is 22.4. The number of fused-ring (bicyclic) bond motifs is 5. The fraction of sp³-hybridized carbons (Fsp3) is 0.273. The lowest BCUT2D eigenvalue weighted by atomic mass is 9.89. The largest absolute Gasteiger partial charge is 0.454 e. The van der Waals surface area contributed by atoms with E-state index in [1.807, 2.05) is 37.3 Å². The Morgan fingerprint density at radius 1 is 1.17 bits per heavy atom. The predicted molar refractivity (Wildman–Crippen MR) is 112 cm³/mol. The Morgan fingerprint density at radius 2 is 2.00 bits per heavy atom. The average molecular weight is 405 g/mol. The third kappa shape index (κ3) is 2.22. The van der Waals surface area contributed by atoms with Crippen LogP contribution in [0.2, 0.25) is 0 Å². The maximum atomic E-state index is 13.2. The molecular weight excluding hydrogens is 386 g/mol. The van der Waals surface area contributed by atoms with Crippen LogP contribution in [0.3, 0.4) is 0 Å². The monoisotopic (exact) mass is 405 g/mol. The zero-order valence-corrected chi connectivity index (χ0v) is 16.7. The molecule has 0 radical (unpaired) electrons. The summed E-state index contributed by atoms with van der Waals surface area (Å²) in [6.45, 7) is 2.77. The molecule has 7 heteroatoms.